The number of hydrogen-bond donors (Lipinski definition) is 1. The van der Waals surface area contributed by atoms with E-state index in [0.717, 1.165) is 28.0 Å². The van der Waals surface area contributed by atoms with Crippen molar-refractivity contribution in [3.8, 4) is 11.3 Å². The van der Waals surface area contributed by atoms with Crippen molar-refractivity contribution in [1.29, 1.82) is 0 Å². The van der Waals surface area contributed by atoms with E-state index in [1.807, 2.05) is 18.2 Å². The zero-order valence-electron chi connectivity index (χ0n) is 12.2. The summed E-state index contributed by atoms with van der Waals surface area (Å²) in [5.74, 6) is 1.68. The summed E-state index contributed by atoms with van der Waals surface area (Å²) in [6.07, 6.45) is 0.839. The largest absolute Gasteiger partial charge is 0.383 e. The van der Waals surface area contributed by atoms with Gasteiger partial charge in [-0.2, -0.15) is 0 Å². The summed E-state index contributed by atoms with van der Waals surface area (Å²) in [6.45, 7) is 8.47. The number of nitrogens with two attached hydrogens (primary N) is 1. The minimum atomic E-state index is -0.0974. The number of aromatic nitrogens is 2. The smallest absolute Gasteiger partial charge is 0.132 e. The molecule has 0 aliphatic carbocycles. The lowest BCUT2D eigenvalue weighted by Gasteiger charge is -2.24. The number of aryl methyl sites for hydroxylation is 1. The summed E-state index contributed by atoms with van der Waals surface area (Å²) in [5, 5.41) is 0.658. The number of imidazole rings is 1. The Balaban J connectivity index is 2.64. The molecule has 2 N–H and O–H groups in total. The van der Waals surface area contributed by atoms with Gasteiger partial charge in [0.15, 0.2) is 0 Å². The van der Waals surface area contributed by atoms with E-state index in [1.54, 1.807) is 0 Å². The fraction of sp³-hybridized carbons (Fsp3) is 0.400. The van der Waals surface area contributed by atoms with E-state index < -0.39 is 0 Å². The van der Waals surface area contributed by atoms with Crippen LogP contribution in [0.15, 0.2) is 22.7 Å². The minimum absolute atomic E-state index is 0.0974. The molecule has 0 saturated heterocycles. The van der Waals surface area contributed by atoms with Crippen molar-refractivity contribution >= 4 is 33.3 Å². The summed E-state index contributed by atoms with van der Waals surface area (Å²) < 4.78 is 2.96. The van der Waals surface area contributed by atoms with Crippen LogP contribution in [0.3, 0.4) is 0 Å². The highest BCUT2D eigenvalue weighted by Crippen LogP contribution is 2.34. The standard InChI is InChI=1S/C15H19BrClN3/c1-5-12-19-13(14(18)20(12)15(2,3)4)9-6-7-10(16)11(17)8-9/h6-8H,5,18H2,1-4H3. The Hall–Kier alpha value is -1.00. The van der Waals surface area contributed by atoms with Crippen molar-refractivity contribution in [3.05, 3.63) is 33.5 Å². The summed E-state index contributed by atoms with van der Waals surface area (Å²) in [4.78, 5) is 4.70. The van der Waals surface area contributed by atoms with Gasteiger partial charge in [-0.3, -0.25) is 0 Å². The predicted octanol–water partition coefficient (Wildman–Crippen LogP) is 4.87. The molecule has 0 atom stereocenters. The first kappa shape index (κ1) is 15.4. The molecule has 3 nitrogen and oxygen atoms in total. The molecule has 2 rings (SSSR count). The lowest BCUT2D eigenvalue weighted by atomic mass is 10.1. The average molecular weight is 357 g/mol. The molecule has 0 saturated carbocycles. The van der Waals surface area contributed by atoms with Gasteiger partial charge in [-0.05, 0) is 48.8 Å². The van der Waals surface area contributed by atoms with Crippen LogP contribution < -0.4 is 5.73 Å². The van der Waals surface area contributed by atoms with Crippen LogP contribution in [0.4, 0.5) is 5.82 Å². The zero-order chi connectivity index (χ0) is 15.1. The van der Waals surface area contributed by atoms with E-state index in [4.69, 9.17) is 22.3 Å². The first-order valence-corrected chi connectivity index (χ1v) is 7.75. The van der Waals surface area contributed by atoms with E-state index in [1.165, 1.54) is 0 Å². The van der Waals surface area contributed by atoms with E-state index in [2.05, 4.69) is 48.2 Å². The minimum Gasteiger partial charge on any atom is -0.383 e. The van der Waals surface area contributed by atoms with Crippen molar-refractivity contribution < 1.29 is 0 Å². The molecule has 0 bridgehead atoms. The summed E-state index contributed by atoms with van der Waals surface area (Å²) in [5.41, 5.74) is 7.97. The van der Waals surface area contributed by atoms with Crippen LogP contribution in [-0.4, -0.2) is 9.55 Å². The summed E-state index contributed by atoms with van der Waals surface area (Å²) >= 11 is 9.56. The third-order valence-electron chi connectivity index (χ3n) is 3.16. The van der Waals surface area contributed by atoms with Crippen LogP contribution in [0.5, 0.6) is 0 Å². The quantitative estimate of drug-likeness (QED) is 0.834. The lowest BCUT2D eigenvalue weighted by molar-refractivity contribution is 0.389. The highest BCUT2D eigenvalue weighted by Gasteiger charge is 2.23. The van der Waals surface area contributed by atoms with Crippen LogP contribution in [0, 0.1) is 0 Å². The number of halogens is 2. The van der Waals surface area contributed by atoms with Gasteiger partial charge in [0.05, 0.1) is 5.02 Å². The monoisotopic (exact) mass is 355 g/mol. The lowest BCUT2D eigenvalue weighted by Crippen LogP contribution is -2.25. The maximum Gasteiger partial charge on any atom is 0.132 e. The SMILES string of the molecule is CCc1nc(-c2ccc(Br)c(Cl)c2)c(N)n1C(C)(C)C. The maximum absolute atomic E-state index is 6.33. The van der Waals surface area contributed by atoms with Crippen molar-refractivity contribution in [1.82, 2.24) is 9.55 Å². The van der Waals surface area contributed by atoms with Gasteiger partial charge in [0.2, 0.25) is 0 Å². The van der Waals surface area contributed by atoms with Gasteiger partial charge >= 0.3 is 0 Å². The first-order chi connectivity index (χ1) is 9.25. The summed E-state index contributed by atoms with van der Waals surface area (Å²) in [6, 6.07) is 5.77. The summed E-state index contributed by atoms with van der Waals surface area (Å²) in [7, 11) is 0. The van der Waals surface area contributed by atoms with Crippen LogP contribution in [0.1, 0.15) is 33.5 Å². The second-order valence-corrected chi connectivity index (χ2v) is 7.01. The Morgan fingerprint density at radius 3 is 2.45 bits per heavy atom. The topological polar surface area (TPSA) is 43.8 Å². The Morgan fingerprint density at radius 2 is 2.00 bits per heavy atom. The Bertz CT molecular complexity index is 641. The number of nitrogens with zero attached hydrogens (tertiary/aromatic N) is 2. The first-order valence-electron chi connectivity index (χ1n) is 6.58. The molecule has 5 heteroatoms. The average Bonchev–Trinajstić information content (AvgIpc) is 2.69. The maximum atomic E-state index is 6.33. The van der Waals surface area contributed by atoms with Gasteiger partial charge in [0.25, 0.3) is 0 Å². The molecular formula is C15H19BrClN3. The molecule has 2 aromatic rings. The Kier molecular flexibility index (Phi) is 4.17. The van der Waals surface area contributed by atoms with Crippen molar-refractivity contribution in [3.63, 3.8) is 0 Å². The number of hydrogen-bond acceptors (Lipinski definition) is 2. The number of anilines is 1. The molecule has 0 amide bonds. The highest BCUT2D eigenvalue weighted by molar-refractivity contribution is 9.10. The fourth-order valence-corrected chi connectivity index (χ4v) is 2.75. The van der Waals surface area contributed by atoms with Crippen LogP contribution in [0.25, 0.3) is 11.3 Å². The van der Waals surface area contributed by atoms with E-state index in [-0.39, 0.29) is 5.54 Å². The van der Waals surface area contributed by atoms with Crippen molar-refractivity contribution in [2.75, 3.05) is 5.73 Å². The fourth-order valence-electron chi connectivity index (χ4n) is 2.32. The number of benzene rings is 1. The van der Waals surface area contributed by atoms with Crippen LogP contribution >= 0.6 is 27.5 Å². The van der Waals surface area contributed by atoms with E-state index in [0.29, 0.717) is 10.8 Å². The molecule has 1 aromatic carbocycles. The molecule has 1 heterocycles. The molecule has 0 fully saturated rings. The van der Waals surface area contributed by atoms with Crippen molar-refractivity contribution in [2.45, 2.75) is 39.7 Å². The number of rotatable bonds is 2. The second kappa shape index (κ2) is 5.41. The van der Waals surface area contributed by atoms with Gasteiger partial charge in [0.1, 0.15) is 17.3 Å². The van der Waals surface area contributed by atoms with Crippen LogP contribution in [0.2, 0.25) is 5.02 Å². The third-order valence-corrected chi connectivity index (χ3v) is 4.40. The molecule has 0 aliphatic rings. The van der Waals surface area contributed by atoms with Gasteiger partial charge in [0, 0.05) is 22.0 Å². The molecule has 0 aliphatic heterocycles. The molecule has 108 valence electrons. The molecule has 0 spiro atoms. The van der Waals surface area contributed by atoms with Gasteiger partial charge < -0.3 is 10.3 Å². The van der Waals surface area contributed by atoms with E-state index in [9.17, 15) is 0 Å². The molecule has 1 aromatic heterocycles. The van der Waals surface area contributed by atoms with Crippen molar-refractivity contribution in [2.24, 2.45) is 0 Å². The Morgan fingerprint density at radius 1 is 1.35 bits per heavy atom. The van der Waals surface area contributed by atoms with E-state index >= 15 is 0 Å². The van der Waals surface area contributed by atoms with Crippen LogP contribution in [-0.2, 0) is 12.0 Å². The molecule has 0 unspecified atom stereocenters. The second-order valence-electron chi connectivity index (χ2n) is 5.75. The molecule has 20 heavy (non-hydrogen) atoms. The highest BCUT2D eigenvalue weighted by atomic mass is 79.9. The van der Waals surface area contributed by atoms with Gasteiger partial charge in [-0.25, -0.2) is 4.98 Å². The number of nitrogen functional groups attached to an aromatic ring is 1. The third kappa shape index (κ3) is 2.72. The normalized spacial score (nSPS) is 11.9. The molecular weight excluding hydrogens is 338 g/mol. The van der Waals surface area contributed by atoms with Gasteiger partial charge in [-0.1, -0.05) is 24.6 Å². The molecule has 0 radical (unpaired) electrons. The predicted molar refractivity (Wildman–Crippen MR) is 89.2 cm³/mol. The Labute approximate surface area is 133 Å². The zero-order valence-corrected chi connectivity index (χ0v) is 14.5. The van der Waals surface area contributed by atoms with Gasteiger partial charge in [-0.15, -0.1) is 0 Å².